The van der Waals surface area contributed by atoms with E-state index in [0.717, 1.165) is 17.5 Å². The zero-order valence-corrected chi connectivity index (χ0v) is 16.3. The SMILES string of the molecule is Cc1ccc(C(=O)N(C)Cc2ccc(F)cc2)cc1N1CCCCS1(=O)=O. The fourth-order valence-corrected chi connectivity index (χ4v) is 4.92. The summed E-state index contributed by atoms with van der Waals surface area (Å²) in [5, 5.41) is 0. The Balaban J connectivity index is 1.84. The number of rotatable bonds is 4. The van der Waals surface area contributed by atoms with Gasteiger partial charge in [-0.2, -0.15) is 0 Å². The van der Waals surface area contributed by atoms with Crippen LogP contribution in [0.2, 0.25) is 0 Å². The summed E-state index contributed by atoms with van der Waals surface area (Å²) in [4.78, 5) is 14.3. The molecule has 2 aromatic carbocycles. The Hall–Kier alpha value is -2.41. The van der Waals surface area contributed by atoms with Crippen molar-refractivity contribution in [1.29, 1.82) is 0 Å². The summed E-state index contributed by atoms with van der Waals surface area (Å²) < 4.78 is 39.3. The number of amides is 1. The van der Waals surface area contributed by atoms with Crippen molar-refractivity contribution in [1.82, 2.24) is 4.90 Å². The van der Waals surface area contributed by atoms with Gasteiger partial charge in [0, 0.05) is 25.7 Å². The number of halogens is 1. The predicted molar refractivity (Wildman–Crippen MR) is 104 cm³/mol. The maximum absolute atomic E-state index is 13.0. The minimum Gasteiger partial charge on any atom is -0.337 e. The average molecular weight is 390 g/mol. The molecule has 144 valence electrons. The summed E-state index contributed by atoms with van der Waals surface area (Å²) in [5.74, 6) is -0.400. The highest BCUT2D eigenvalue weighted by molar-refractivity contribution is 7.92. The van der Waals surface area contributed by atoms with E-state index in [-0.39, 0.29) is 17.5 Å². The van der Waals surface area contributed by atoms with E-state index in [1.165, 1.54) is 21.3 Å². The second-order valence-corrected chi connectivity index (χ2v) is 8.90. The minimum absolute atomic E-state index is 0.134. The zero-order chi connectivity index (χ0) is 19.6. The van der Waals surface area contributed by atoms with E-state index in [2.05, 4.69) is 0 Å². The van der Waals surface area contributed by atoms with Crippen molar-refractivity contribution in [3.05, 3.63) is 65.0 Å². The van der Waals surface area contributed by atoms with Gasteiger partial charge >= 0.3 is 0 Å². The normalized spacial score (nSPS) is 16.2. The topological polar surface area (TPSA) is 57.7 Å². The standard InChI is InChI=1S/C20H23FN2O3S/c1-15-5-8-17(13-19(15)23-11-3-4-12-27(23,25)26)20(24)22(2)14-16-6-9-18(21)10-7-16/h5-10,13H,3-4,11-12,14H2,1-2H3. The molecule has 1 amide bonds. The van der Waals surface area contributed by atoms with Crippen LogP contribution in [0.1, 0.15) is 34.3 Å². The van der Waals surface area contributed by atoms with Crippen LogP contribution in [0.5, 0.6) is 0 Å². The van der Waals surface area contributed by atoms with Gasteiger partial charge in [0.1, 0.15) is 5.82 Å². The molecule has 0 unspecified atom stereocenters. The van der Waals surface area contributed by atoms with Crippen molar-refractivity contribution < 1.29 is 17.6 Å². The monoisotopic (exact) mass is 390 g/mol. The number of benzene rings is 2. The summed E-state index contributed by atoms with van der Waals surface area (Å²) in [6, 6.07) is 11.1. The molecule has 0 spiro atoms. The van der Waals surface area contributed by atoms with E-state index in [9.17, 15) is 17.6 Å². The highest BCUT2D eigenvalue weighted by Gasteiger charge is 2.28. The summed E-state index contributed by atoms with van der Waals surface area (Å²) >= 11 is 0. The summed E-state index contributed by atoms with van der Waals surface area (Å²) in [6.07, 6.45) is 1.47. The van der Waals surface area contributed by atoms with Gasteiger partial charge in [0.05, 0.1) is 11.4 Å². The number of aryl methyl sites for hydroxylation is 1. The van der Waals surface area contributed by atoms with Crippen molar-refractivity contribution in [2.45, 2.75) is 26.3 Å². The Bertz CT molecular complexity index is 942. The number of anilines is 1. The summed E-state index contributed by atoms with van der Waals surface area (Å²) in [7, 11) is -1.67. The number of hydrogen-bond acceptors (Lipinski definition) is 3. The Labute approximate surface area is 159 Å². The number of nitrogens with zero attached hydrogens (tertiary/aromatic N) is 2. The smallest absolute Gasteiger partial charge is 0.253 e. The minimum atomic E-state index is -3.34. The highest BCUT2D eigenvalue weighted by Crippen LogP contribution is 2.28. The van der Waals surface area contributed by atoms with E-state index in [1.54, 1.807) is 37.4 Å². The van der Waals surface area contributed by atoms with Gasteiger partial charge in [0.25, 0.3) is 5.91 Å². The Morgan fingerprint density at radius 1 is 1.15 bits per heavy atom. The van der Waals surface area contributed by atoms with Crippen molar-refractivity contribution in [3.8, 4) is 0 Å². The van der Waals surface area contributed by atoms with Gasteiger partial charge in [-0.1, -0.05) is 18.2 Å². The third-order valence-electron chi connectivity index (χ3n) is 4.75. The molecule has 5 nitrogen and oxygen atoms in total. The number of carbonyl (C=O) groups is 1. The lowest BCUT2D eigenvalue weighted by Crippen LogP contribution is -2.38. The molecule has 2 aromatic rings. The van der Waals surface area contributed by atoms with Gasteiger partial charge in [0.2, 0.25) is 10.0 Å². The second kappa shape index (κ2) is 7.68. The average Bonchev–Trinajstić information content (AvgIpc) is 2.63. The van der Waals surface area contributed by atoms with Crippen LogP contribution < -0.4 is 4.31 Å². The molecule has 3 rings (SSSR count). The zero-order valence-electron chi connectivity index (χ0n) is 15.5. The van der Waals surface area contributed by atoms with Gasteiger partial charge in [-0.15, -0.1) is 0 Å². The fraction of sp³-hybridized carbons (Fsp3) is 0.350. The van der Waals surface area contributed by atoms with Gasteiger partial charge in [-0.05, 0) is 55.2 Å². The van der Waals surface area contributed by atoms with E-state index in [0.29, 0.717) is 30.8 Å². The van der Waals surface area contributed by atoms with Crippen molar-refractivity contribution in [3.63, 3.8) is 0 Å². The molecule has 0 radical (unpaired) electrons. The second-order valence-electron chi connectivity index (χ2n) is 6.88. The molecule has 1 aliphatic rings. The molecule has 1 heterocycles. The van der Waals surface area contributed by atoms with Crippen molar-refractivity contribution in [2.24, 2.45) is 0 Å². The summed E-state index contributed by atoms with van der Waals surface area (Å²) in [5.41, 5.74) is 2.63. The number of hydrogen-bond donors (Lipinski definition) is 0. The Morgan fingerprint density at radius 3 is 2.52 bits per heavy atom. The van der Waals surface area contributed by atoms with Crippen LogP contribution >= 0.6 is 0 Å². The lowest BCUT2D eigenvalue weighted by atomic mass is 10.1. The van der Waals surface area contributed by atoms with E-state index >= 15 is 0 Å². The van der Waals surface area contributed by atoms with Crippen molar-refractivity contribution >= 4 is 21.6 Å². The molecule has 0 atom stereocenters. The molecule has 0 aliphatic carbocycles. The quantitative estimate of drug-likeness (QED) is 0.805. The molecule has 0 saturated carbocycles. The molecule has 0 N–H and O–H groups in total. The number of carbonyl (C=O) groups excluding carboxylic acids is 1. The van der Waals surface area contributed by atoms with Crippen LogP contribution in [0.4, 0.5) is 10.1 Å². The summed E-state index contributed by atoms with van der Waals surface area (Å²) in [6.45, 7) is 2.62. The van der Waals surface area contributed by atoms with Crippen LogP contribution in [0.15, 0.2) is 42.5 Å². The molecule has 0 aromatic heterocycles. The molecule has 7 heteroatoms. The molecular formula is C20H23FN2O3S. The molecule has 1 aliphatic heterocycles. The lowest BCUT2D eigenvalue weighted by Gasteiger charge is -2.30. The van der Waals surface area contributed by atoms with Gasteiger partial charge in [0.15, 0.2) is 0 Å². The maximum atomic E-state index is 13.0. The third-order valence-corrected chi connectivity index (χ3v) is 6.61. The van der Waals surface area contributed by atoms with Crippen molar-refractivity contribution in [2.75, 3.05) is 23.7 Å². The van der Waals surface area contributed by atoms with E-state index < -0.39 is 10.0 Å². The van der Waals surface area contributed by atoms with Crippen LogP contribution in [0, 0.1) is 12.7 Å². The molecular weight excluding hydrogens is 367 g/mol. The fourth-order valence-electron chi connectivity index (χ4n) is 3.23. The van der Waals surface area contributed by atoms with E-state index in [4.69, 9.17) is 0 Å². The first-order chi connectivity index (χ1) is 12.8. The van der Waals surface area contributed by atoms with Crippen LogP contribution in [-0.4, -0.2) is 38.6 Å². The maximum Gasteiger partial charge on any atom is 0.253 e. The van der Waals surface area contributed by atoms with Crippen LogP contribution in [-0.2, 0) is 16.6 Å². The first-order valence-corrected chi connectivity index (χ1v) is 10.5. The lowest BCUT2D eigenvalue weighted by molar-refractivity contribution is 0.0785. The number of sulfonamides is 1. The predicted octanol–water partition coefficient (Wildman–Crippen LogP) is 3.34. The van der Waals surface area contributed by atoms with Crippen LogP contribution in [0.25, 0.3) is 0 Å². The molecule has 1 fully saturated rings. The molecule has 0 bridgehead atoms. The van der Waals surface area contributed by atoms with Crippen LogP contribution in [0.3, 0.4) is 0 Å². The highest BCUT2D eigenvalue weighted by atomic mass is 32.2. The molecule has 1 saturated heterocycles. The largest absolute Gasteiger partial charge is 0.337 e. The van der Waals surface area contributed by atoms with Gasteiger partial charge < -0.3 is 4.90 Å². The van der Waals surface area contributed by atoms with Gasteiger partial charge in [-0.25, -0.2) is 12.8 Å². The van der Waals surface area contributed by atoms with Gasteiger partial charge in [-0.3, -0.25) is 9.10 Å². The van der Waals surface area contributed by atoms with E-state index in [1.807, 2.05) is 6.92 Å². The third kappa shape index (κ3) is 4.30. The molecule has 27 heavy (non-hydrogen) atoms. The Kier molecular flexibility index (Phi) is 5.51. The Morgan fingerprint density at radius 2 is 1.85 bits per heavy atom. The first kappa shape index (κ1) is 19.4. The first-order valence-electron chi connectivity index (χ1n) is 8.89.